The molecule has 0 N–H and O–H groups in total. The Hall–Kier alpha value is -2.65. The van der Waals surface area contributed by atoms with Gasteiger partial charge in [-0.1, -0.05) is 29.8 Å². The van der Waals surface area contributed by atoms with Gasteiger partial charge in [-0.25, -0.2) is 8.42 Å². The van der Waals surface area contributed by atoms with Crippen molar-refractivity contribution < 1.29 is 17.9 Å². The third kappa shape index (κ3) is 4.93. The van der Waals surface area contributed by atoms with E-state index in [0.29, 0.717) is 11.1 Å². The van der Waals surface area contributed by atoms with Gasteiger partial charge in [0.25, 0.3) is 0 Å². The number of carbonyl (C=O) groups is 1. The summed E-state index contributed by atoms with van der Waals surface area (Å²) in [7, 11) is -3.51. The molecule has 0 amide bonds. The smallest absolute Gasteiger partial charge is 0.307 e. The zero-order chi connectivity index (χ0) is 17.6. The number of nitriles is 1. The van der Waals surface area contributed by atoms with Gasteiger partial charge in [-0.05, 0) is 36.8 Å². The Balaban J connectivity index is 1.88. The first-order chi connectivity index (χ1) is 11.4. The standard InChI is InChI=1S/C18H17NO4S/c1-14-5-7-17(8-6-14)24(21,22)10-9-18(20)23-13-16-4-2-3-15(11-16)12-19/h2-8,11H,9-10,13H2,1H3. The Morgan fingerprint density at radius 2 is 1.88 bits per heavy atom. The fraction of sp³-hybridized carbons (Fsp3) is 0.222. The van der Waals surface area contributed by atoms with Crippen molar-refractivity contribution in [1.29, 1.82) is 5.26 Å². The number of carbonyl (C=O) groups excluding carboxylic acids is 1. The molecule has 0 heterocycles. The molecule has 0 aliphatic heterocycles. The lowest BCUT2D eigenvalue weighted by molar-refractivity contribution is -0.144. The average Bonchev–Trinajstić information content (AvgIpc) is 2.59. The van der Waals surface area contributed by atoms with Gasteiger partial charge in [0, 0.05) is 0 Å². The van der Waals surface area contributed by atoms with Gasteiger partial charge in [-0.2, -0.15) is 5.26 Å². The lowest BCUT2D eigenvalue weighted by Gasteiger charge is -2.07. The van der Waals surface area contributed by atoms with Crippen LogP contribution in [0.2, 0.25) is 0 Å². The van der Waals surface area contributed by atoms with Crippen molar-refractivity contribution in [3.63, 3.8) is 0 Å². The van der Waals surface area contributed by atoms with Crippen LogP contribution >= 0.6 is 0 Å². The largest absolute Gasteiger partial charge is 0.461 e. The van der Waals surface area contributed by atoms with Crippen LogP contribution in [-0.2, 0) is 26.0 Å². The molecule has 6 heteroatoms. The summed E-state index contributed by atoms with van der Waals surface area (Å²) in [5, 5.41) is 8.81. The van der Waals surface area contributed by atoms with Crippen molar-refractivity contribution in [3.8, 4) is 6.07 Å². The number of sulfone groups is 1. The molecule has 124 valence electrons. The first-order valence-corrected chi connectivity index (χ1v) is 9.00. The molecule has 2 aromatic carbocycles. The summed E-state index contributed by atoms with van der Waals surface area (Å²) in [6.45, 7) is 1.88. The zero-order valence-electron chi connectivity index (χ0n) is 13.2. The fourth-order valence-corrected chi connectivity index (χ4v) is 3.27. The number of aryl methyl sites for hydroxylation is 1. The van der Waals surface area contributed by atoms with Crippen LogP contribution in [0, 0.1) is 18.3 Å². The number of hydrogen-bond acceptors (Lipinski definition) is 5. The van der Waals surface area contributed by atoms with Crippen LogP contribution < -0.4 is 0 Å². The summed E-state index contributed by atoms with van der Waals surface area (Å²) in [4.78, 5) is 11.9. The predicted molar refractivity (Wildman–Crippen MR) is 88.8 cm³/mol. The highest BCUT2D eigenvalue weighted by Gasteiger charge is 2.17. The average molecular weight is 343 g/mol. The first kappa shape index (κ1) is 17.7. The van der Waals surface area contributed by atoms with Crippen LogP contribution in [0.15, 0.2) is 53.4 Å². The molecule has 5 nitrogen and oxygen atoms in total. The van der Waals surface area contributed by atoms with E-state index in [-0.39, 0.29) is 23.7 Å². The third-order valence-corrected chi connectivity index (χ3v) is 5.14. The second-order valence-electron chi connectivity index (χ2n) is 5.35. The van der Waals surface area contributed by atoms with Crippen LogP contribution in [0.3, 0.4) is 0 Å². The number of rotatable bonds is 6. The summed E-state index contributed by atoms with van der Waals surface area (Å²) in [6.07, 6.45) is -0.214. The Kier molecular flexibility index (Phi) is 5.72. The minimum atomic E-state index is -3.51. The zero-order valence-corrected chi connectivity index (χ0v) is 14.0. The quantitative estimate of drug-likeness (QED) is 0.753. The van der Waals surface area contributed by atoms with Crippen molar-refractivity contribution in [2.24, 2.45) is 0 Å². The van der Waals surface area contributed by atoms with Gasteiger partial charge in [-0.15, -0.1) is 0 Å². The maximum absolute atomic E-state index is 12.2. The summed E-state index contributed by atoms with van der Waals surface area (Å²) in [5.74, 6) is -0.888. The lowest BCUT2D eigenvalue weighted by atomic mass is 10.1. The second-order valence-corrected chi connectivity index (χ2v) is 7.46. The molecule has 0 unspecified atom stereocenters. The normalized spacial score (nSPS) is 10.8. The van der Waals surface area contributed by atoms with Crippen molar-refractivity contribution >= 4 is 15.8 Å². The molecule has 0 spiro atoms. The van der Waals surface area contributed by atoms with E-state index < -0.39 is 15.8 Å². The number of benzene rings is 2. The van der Waals surface area contributed by atoms with Gasteiger partial charge in [0.05, 0.1) is 28.7 Å². The number of nitrogens with zero attached hydrogens (tertiary/aromatic N) is 1. The molecule has 0 atom stereocenters. The van der Waals surface area contributed by atoms with E-state index in [4.69, 9.17) is 10.00 Å². The molecule has 0 aliphatic carbocycles. The van der Waals surface area contributed by atoms with Crippen LogP contribution in [-0.4, -0.2) is 20.1 Å². The van der Waals surface area contributed by atoms with Gasteiger partial charge in [0.2, 0.25) is 0 Å². The van der Waals surface area contributed by atoms with Crippen LogP contribution in [0.1, 0.15) is 23.1 Å². The van der Waals surface area contributed by atoms with E-state index >= 15 is 0 Å². The number of ether oxygens (including phenoxy) is 1. The Labute approximate surface area is 141 Å². The highest BCUT2D eigenvalue weighted by Crippen LogP contribution is 2.13. The number of hydrogen-bond donors (Lipinski definition) is 0. The van der Waals surface area contributed by atoms with E-state index in [1.54, 1.807) is 36.4 Å². The van der Waals surface area contributed by atoms with Gasteiger partial charge >= 0.3 is 5.97 Å². The third-order valence-electron chi connectivity index (χ3n) is 3.41. The maximum Gasteiger partial charge on any atom is 0.307 e. The summed E-state index contributed by atoms with van der Waals surface area (Å²) in [6, 6.07) is 15.2. The topological polar surface area (TPSA) is 84.2 Å². The molecule has 0 saturated heterocycles. The molecule has 2 rings (SSSR count). The highest BCUT2D eigenvalue weighted by molar-refractivity contribution is 7.91. The fourth-order valence-electron chi connectivity index (χ4n) is 2.05. The number of esters is 1. The molecule has 0 aliphatic rings. The molecular weight excluding hydrogens is 326 g/mol. The monoisotopic (exact) mass is 343 g/mol. The highest BCUT2D eigenvalue weighted by atomic mass is 32.2. The molecule has 0 saturated carbocycles. The van der Waals surface area contributed by atoms with Crippen molar-refractivity contribution in [1.82, 2.24) is 0 Å². The first-order valence-electron chi connectivity index (χ1n) is 7.35. The van der Waals surface area contributed by atoms with Gasteiger partial charge < -0.3 is 4.74 Å². The van der Waals surface area contributed by atoms with Crippen molar-refractivity contribution in [3.05, 3.63) is 65.2 Å². The van der Waals surface area contributed by atoms with E-state index in [2.05, 4.69) is 0 Å². The Morgan fingerprint density at radius 1 is 1.17 bits per heavy atom. The molecule has 24 heavy (non-hydrogen) atoms. The lowest BCUT2D eigenvalue weighted by Crippen LogP contribution is -2.13. The second kappa shape index (κ2) is 7.75. The van der Waals surface area contributed by atoms with Crippen LogP contribution in [0.5, 0.6) is 0 Å². The van der Waals surface area contributed by atoms with E-state index in [9.17, 15) is 13.2 Å². The van der Waals surface area contributed by atoms with E-state index in [1.165, 1.54) is 12.1 Å². The van der Waals surface area contributed by atoms with E-state index in [0.717, 1.165) is 5.56 Å². The minimum Gasteiger partial charge on any atom is -0.461 e. The SMILES string of the molecule is Cc1ccc(S(=O)(=O)CCC(=O)OCc2cccc(C#N)c2)cc1. The van der Waals surface area contributed by atoms with Gasteiger partial charge in [0.15, 0.2) is 9.84 Å². The van der Waals surface area contributed by atoms with Crippen LogP contribution in [0.4, 0.5) is 0 Å². The molecule has 0 bridgehead atoms. The summed E-state index contributed by atoms with van der Waals surface area (Å²) >= 11 is 0. The van der Waals surface area contributed by atoms with Crippen molar-refractivity contribution in [2.45, 2.75) is 24.8 Å². The van der Waals surface area contributed by atoms with Crippen molar-refractivity contribution in [2.75, 3.05) is 5.75 Å². The molecular formula is C18H17NO4S. The molecule has 0 radical (unpaired) electrons. The van der Waals surface area contributed by atoms with Crippen LogP contribution in [0.25, 0.3) is 0 Å². The summed E-state index contributed by atoms with van der Waals surface area (Å²) < 4.78 is 29.4. The Morgan fingerprint density at radius 3 is 2.54 bits per heavy atom. The van der Waals surface area contributed by atoms with Gasteiger partial charge in [-0.3, -0.25) is 4.79 Å². The molecule has 2 aromatic rings. The summed E-state index contributed by atoms with van der Waals surface area (Å²) in [5.41, 5.74) is 2.13. The van der Waals surface area contributed by atoms with Gasteiger partial charge in [0.1, 0.15) is 6.61 Å². The molecule has 0 aromatic heterocycles. The minimum absolute atomic E-state index is 0.0128. The predicted octanol–water partition coefficient (Wildman–Crippen LogP) is 2.77. The maximum atomic E-state index is 12.2. The van der Waals surface area contributed by atoms with E-state index in [1.807, 2.05) is 13.0 Å². The molecule has 0 fully saturated rings. The Bertz CT molecular complexity index is 865.